The number of carbonyl (C=O) groups is 1. The van der Waals surface area contributed by atoms with Gasteiger partial charge in [-0.15, -0.1) is 11.3 Å². The second kappa shape index (κ2) is 8.84. The third-order valence-electron chi connectivity index (χ3n) is 5.16. The van der Waals surface area contributed by atoms with E-state index in [4.69, 9.17) is 9.72 Å². The Morgan fingerprint density at radius 2 is 1.85 bits per heavy atom. The number of benzene rings is 2. The van der Waals surface area contributed by atoms with Crippen LogP contribution < -0.4 is 15.6 Å². The number of fused-ring (bicyclic) bond motifs is 3. The Morgan fingerprint density at radius 1 is 1.06 bits per heavy atom. The van der Waals surface area contributed by atoms with Crippen molar-refractivity contribution >= 4 is 43.4 Å². The minimum Gasteiger partial charge on any atom is -0.492 e. The zero-order chi connectivity index (χ0) is 22.8. The third-order valence-corrected chi connectivity index (χ3v) is 6.23. The van der Waals surface area contributed by atoms with E-state index in [0.717, 1.165) is 21.5 Å². The van der Waals surface area contributed by atoms with Gasteiger partial charge in [-0.2, -0.15) is 0 Å². The highest BCUT2D eigenvalue weighted by Gasteiger charge is 2.15. The second-order valence-electron chi connectivity index (χ2n) is 7.35. The number of nitrogens with zero attached hydrogens (tertiary/aromatic N) is 3. The van der Waals surface area contributed by atoms with E-state index < -0.39 is 0 Å². The summed E-state index contributed by atoms with van der Waals surface area (Å²) in [6.45, 7) is 2.21. The Bertz CT molecular complexity index is 1530. The number of nitrogens with one attached hydrogen (secondary N) is 1. The molecule has 1 N–H and O–H groups in total. The number of hydrogen-bond acceptors (Lipinski definition) is 6. The van der Waals surface area contributed by atoms with Gasteiger partial charge in [0.1, 0.15) is 21.8 Å². The minimum absolute atomic E-state index is 0.154. The fourth-order valence-electron chi connectivity index (χ4n) is 3.63. The second-order valence-corrected chi connectivity index (χ2v) is 8.35. The summed E-state index contributed by atoms with van der Waals surface area (Å²) in [7, 11) is 0. The summed E-state index contributed by atoms with van der Waals surface area (Å²) >= 11 is 1.29. The molecule has 8 heteroatoms. The Morgan fingerprint density at radius 3 is 2.67 bits per heavy atom. The molecular formula is C25H20N4O3S. The van der Waals surface area contributed by atoms with E-state index in [1.54, 1.807) is 12.1 Å². The number of aromatic nitrogens is 3. The van der Waals surface area contributed by atoms with Gasteiger partial charge in [-0.3, -0.25) is 14.2 Å². The van der Waals surface area contributed by atoms with Gasteiger partial charge in [-0.05, 0) is 31.2 Å². The first-order chi connectivity index (χ1) is 16.1. The molecule has 1 amide bonds. The van der Waals surface area contributed by atoms with Crippen LogP contribution in [0.25, 0.3) is 31.7 Å². The van der Waals surface area contributed by atoms with E-state index >= 15 is 0 Å². The first-order valence-corrected chi connectivity index (χ1v) is 11.3. The zero-order valence-corrected chi connectivity index (χ0v) is 18.6. The fourth-order valence-corrected chi connectivity index (χ4v) is 4.70. The van der Waals surface area contributed by atoms with E-state index in [1.807, 2.05) is 61.5 Å². The molecule has 3 aromatic heterocycles. The highest BCUT2D eigenvalue weighted by atomic mass is 32.1. The van der Waals surface area contributed by atoms with Crippen molar-refractivity contribution in [3.05, 3.63) is 83.4 Å². The quantitative estimate of drug-likeness (QED) is 0.400. The van der Waals surface area contributed by atoms with Crippen molar-refractivity contribution in [2.24, 2.45) is 0 Å². The van der Waals surface area contributed by atoms with Crippen molar-refractivity contribution in [1.29, 1.82) is 0 Å². The molecule has 0 spiro atoms. The van der Waals surface area contributed by atoms with Gasteiger partial charge in [-0.1, -0.05) is 42.5 Å². The summed E-state index contributed by atoms with van der Waals surface area (Å²) < 4.78 is 7.34. The molecule has 0 radical (unpaired) electrons. The minimum atomic E-state index is -0.337. The van der Waals surface area contributed by atoms with E-state index in [9.17, 15) is 9.59 Å². The predicted molar refractivity (Wildman–Crippen MR) is 131 cm³/mol. The molecule has 33 heavy (non-hydrogen) atoms. The fraction of sp³-hybridized carbons (Fsp3) is 0.120. The number of rotatable bonds is 6. The van der Waals surface area contributed by atoms with Crippen LogP contribution in [0.1, 0.15) is 6.92 Å². The third kappa shape index (κ3) is 4.08. The van der Waals surface area contributed by atoms with Gasteiger partial charge in [0.15, 0.2) is 0 Å². The van der Waals surface area contributed by atoms with Gasteiger partial charge in [0.2, 0.25) is 5.91 Å². The molecule has 5 aromatic rings. The van der Waals surface area contributed by atoms with Gasteiger partial charge in [0.25, 0.3) is 5.56 Å². The van der Waals surface area contributed by atoms with Crippen LogP contribution in [0.2, 0.25) is 0 Å². The van der Waals surface area contributed by atoms with Crippen LogP contribution in [0.4, 0.5) is 5.69 Å². The molecule has 0 aliphatic rings. The van der Waals surface area contributed by atoms with Crippen molar-refractivity contribution < 1.29 is 9.53 Å². The highest BCUT2D eigenvalue weighted by molar-refractivity contribution is 7.25. The molecule has 0 aliphatic heterocycles. The Balaban J connectivity index is 1.45. The number of para-hydroxylation sites is 2. The smallest absolute Gasteiger partial charge is 0.271 e. The van der Waals surface area contributed by atoms with E-state index in [0.29, 0.717) is 28.3 Å². The van der Waals surface area contributed by atoms with Crippen LogP contribution in [0.15, 0.2) is 77.9 Å². The summed E-state index contributed by atoms with van der Waals surface area (Å²) in [5.74, 6) is 0.245. The Kier molecular flexibility index (Phi) is 5.58. The lowest BCUT2D eigenvalue weighted by atomic mass is 10.1. The van der Waals surface area contributed by atoms with Gasteiger partial charge in [-0.25, -0.2) is 9.97 Å². The maximum atomic E-state index is 13.1. The van der Waals surface area contributed by atoms with E-state index in [1.165, 1.54) is 22.2 Å². The molecule has 3 heterocycles. The highest BCUT2D eigenvalue weighted by Crippen LogP contribution is 2.31. The molecule has 0 unspecified atom stereocenters. The SMILES string of the molecule is CCOc1ccccc1NC(=O)Cn1cnc2c(sc3nc(-c4ccccc4)ccc32)c1=O. The number of ether oxygens (including phenoxy) is 1. The molecule has 0 fully saturated rings. The molecule has 0 atom stereocenters. The van der Waals surface area contributed by atoms with Gasteiger partial charge >= 0.3 is 0 Å². The van der Waals surface area contributed by atoms with Gasteiger partial charge in [0.05, 0.1) is 29.8 Å². The average Bonchev–Trinajstić information content (AvgIpc) is 3.21. The summed E-state index contributed by atoms with van der Waals surface area (Å²) in [6, 6.07) is 20.9. The molecule has 0 saturated carbocycles. The molecule has 0 saturated heterocycles. The van der Waals surface area contributed by atoms with Crippen LogP contribution in [0.5, 0.6) is 5.75 Å². The first-order valence-electron chi connectivity index (χ1n) is 10.5. The van der Waals surface area contributed by atoms with Gasteiger partial charge in [0, 0.05) is 10.9 Å². The van der Waals surface area contributed by atoms with E-state index in [-0.39, 0.29) is 18.0 Å². The molecule has 164 valence electrons. The molecule has 2 aromatic carbocycles. The summed E-state index contributed by atoms with van der Waals surface area (Å²) in [5.41, 5.74) is 2.74. The lowest BCUT2D eigenvalue weighted by molar-refractivity contribution is -0.116. The molecule has 0 bridgehead atoms. The zero-order valence-electron chi connectivity index (χ0n) is 17.8. The lowest BCUT2D eigenvalue weighted by Crippen LogP contribution is -2.27. The van der Waals surface area contributed by atoms with Crippen LogP contribution in [-0.4, -0.2) is 27.0 Å². The van der Waals surface area contributed by atoms with Crippen LogP contribution in [0, 0.1) is 0 Å². The number of amides is 1. The number of hydrogen-bond donors (Lipinski definition) is 1. The van der Waals surface area contributed by atoms with E-state index in [2.05, 4.69) is 10.3 Å². The van der Waals surface area contributed by atoms with Crippen molar-refractivity contribution in [2.45, 2.75) is 13.5 Å². The summed E-state index contributed by atoms with van der Waals surface area (Å²) in [4.78, 5) is 35.7. The summed E-state index contributed by atoms with van der Waals surface area (Å²) in [5, 5.41) is 3.64. The number of pyridine rings is 1. The normalized spacial score (nSPS) is 11.1. The van der Waals surface area contributed by atoms with Crippen molar-refractivity contribution in [2.75, 3.05) is 11.9 Å². The number of carbonyl (C=O) groups excluding carboxylic acids is 1. The van der Waals surface area contributed by atoms with Crippen LogP contribution in [-0.2, 0) is 11.3 Å². The predicted octanol–water partition coefficient (Wildman–Crippen LogP) is 4.71. The van der Waals surface area contributed by atoms with Crippen LogP contribution in [0.3, 0.4) is 0 Å². The molecular weight excluding hydrogens is 436 g/mol. The van der Waals surface area contributed by atoms with Crippen molar-refractivity contribution in [3.63, 3.8) is 0 Å². The van der Waals surface area contributed by atoms with Crippen molar-refractivity contribution in [3.8, 4) is 17.0 Å². The molecule has 7 nitrogen and oxygen atoms in total. The van der Waals surface area contributed by atoms with Gasteiger partial charge < -0.3 is 10.1 Å². The maximum Gasteiger partial charge on any atom is 0.271 e. The standard InChI is InChI=1S/C25H20N4O3S/c1-2-32-20-11-7-6-10-19(20)27-21(30)14-29-15-26-22-17-12-13-18(16-8-4-3-5-9-16)28-24(17)33-23(22)25(29)31/h3-13,15H,2,14H2,1H3,(H,27,30). The Labute approximate surface area is 193 Å². The average molecular weight is 457 g/mol. The molecule has 0 aliphatic carbocycles. The number of anilines is 1. The first kappa shape index (κ1) is 20.8. The van der Waals surface area contributed by atoms with Crippen molar-refractivity contribution in [1.82, 2.24) is 14.5 Å². The topological polar surface area (TPSA) is 86.1 Å². The lowest BCUT2D eigenvalue weighted by Gasteiger charge is -2.11. The monoisotopic (exact) mass is 456 g/mol. The Hall–Kier alpha value is -4.04. The largest absolute Gasteiger partial charge is 0.492 e. The number of thiophene rings is 1. The molecule has 5 rings (SSSR count). The maximum absolute atomic E-state index is 13.1. The van der Waals surface area contributed by atoms with Crippen LogP contribution >= 0.6 is 11.3 Å². The summed E-state index contributed by atoms with van der Waals surface area (Å²) in [6.07, 6.45) is 1.41.